The summed E-state index contributed by atoms with van der Waals surface area (Å²) in [6.45, 7) is 1.50. The second-order valence-electron chi connectivity index (χ2n) is 5.71. The number of anilines is 3. The normalized spacial score (nSPS) is 10.1. The lowest BCUT2D eigenvalue weighted by Gasteiger charge is -2.09. The van der Waals surface area contributed by atoms with Gasteiger partial charge in [0.05, 0.1) is 7.11 Å². The molecule has 1 amide bonds. The van der Waals surface area contributed by atoms with Gasteiger partial charge in [0.25, 0.3) is 5.91 Å². The van der Waals surface area contributed by atoms with E-state index in [1.807, 2.05) is 0 Å². The second-order valence-corrected chi connectivity index (χ2v) is 5.71. The van der Waals surface area contributed by atoms with Crippen molar-refractivity contribution in [1.82, 2.24) is 9.97 Å². The van der Waals surface area contributed by atoms with Crippen molar-refractivity contribution < 1.29 is 14.3 Å². The number of Topliss-reactive ketones (excluding diaryl/α,β-unsaturated/α-hetero) is 1. The maximum absolute atomic E-state index is 12.4. The standard InChI is InChI=1S/C20H18N4O3/c1-13(25)14-5-3-6-15(11-14)23-20-21-10-9-18(24-20)19(26)22-16-7-4-8-17(12-16)27-2/h3-12H,1-2H3,(H,22,26)(H,21,23,24). The van der Waals surface area contributed by atoms with Crippen molar-refractivity contribution in [2.24, 2.45) is 0 Å². The Morgan fingerprint density at radius 3 is 2.56 bits per heavy atom. The maximum atomic E-state index is 12.4. The molecule has 0 aliphatic heterocycles. The number of methoxy groups -OCH3 is 1. The summed E-state index contributed by atoms with van der Waals surface area (Å²) in [4.78, 5) is 32.3. The van der Waals surface area contributed by atoms with Crippen molar-refractivity contribution in [3.8, 4) is 5.75 Å². The number of carbonyl (C=O) groups excluding carboxylic acids is 2. The fraction of sp³-hybridized carbons (Fsp3) is 0.100. The number of hydrogen-bond acceptors (Lipinski definition) is 6. The summed E-state index contributed by atoms with van der Waals surface area (Å²) in [5, 5.41) is 5.77. The van der Waals surface area contributed by atoms with Gasteiger partial charge in [0.15, 0.2) is 5.78 Å². The van der Waals surface area contributed by atoms with Gasteiger partial charge in [-0.2, -0.15) is 0 Å². The van der Waals surface area contributed by atoms with Crippen molar-refractivity contribution in [3.05, 3.63) is 72.1 Å². The minimum atomic E-state index is -0.369. The first-order chi connectivity index (χ1) is 13.0. The zero-order chi connectivity index (χ0) is 19.2. The molecule has 7 heteroatoms. The van der Waals surface area contributed by atoms with E-state index in [0.717, 1.165) is 0 Å². The van der Waals surface area contributed by atoms with Crippen LogP contribution in [-0.2, 0) is 0 Å². The number of rotatable bonds is 6. The van der Waals surface area contributed by atoms with Crippen molar-refractivity contribution >= 4 is 29.0 Å². The summed E-state index contributed by atoms with van der Waals surface area (Å²) < 4.78 is 5.14. The van der Waals surface area contributed by atoms with Crippen molar-refractivity contribution in [3.63, 3.8) is 0 Å². The lowest BCUT2D eigenvalue weighted by molar-refractivity contribution is 0.101. The summed E-state index contributed by atoms with van der Waals surface area (Å²) >= 11 is 0. The van der Waals surface area contributed by atoms with Crippen LogP contribution in [-0.4, -0.2) is 28.8 Å². The van der Waals surface area contributed by atoms with Crippen LogP contribution >= 0.6 is 0 Å². The molecule has 3 rings (SSSR count). The monoisotopic (exact) mass is 362 g/mol. The van der Waals surface area contributed by atoms with Crippen LogP contribution in [0.5, 0.6) is 5.75 Å². The number of hydrogen-bond donors (Lipinski definition) is 2. The minimum absolute atomic E-state index is 0.0361. The molecule has 1 heterocycles. The van der Waals surface area contributed by atoms with E-state index in [0.29, 0.717) is 22.7 Å². The molecule has 0 radical (unpaired) electrons. The van der Waals surface area contributed by atoms with E-state index in [-0.39, 0.29) is 23.3 Å². The Balaban J connectivity index is 1.75. The first-order valence-corrected chi connectivity index (χ1v) is 8.21. The van der Waals surface area contributed by atoms with Crippen molar-refractivity contribution in [2.75, 3.05) is 17.7 Å². The van der Waals surface area contributed by atoms with E-state index in [1.54, 1.807) is 55.6 Å². The van der Waals surface area contributed by atoms with Crippen molar-refractivity contribution in [1.29, 1.82) is 0 Å². The molecule has 2 aromatic carbocycles. The van der Waals surface area contributed by atoms with E-state index >= 15 is 0 Å². The second kappa shape index (κ2) is 8.09. The van der Waals surface area contributed by atoms with Gasteiger partial charge < -0.3 is 15.4 Å². The molecule has 0 aliphatic carbocycles. The number of benzene rings is 2. The number of amides is 1. The number of nitrogens with one attached hydrogen (secondary N) is 2. The summed E-state index contributed by atoms with van der Waals surface area (Å²) in [6.07, 6.45) is 1.49. The Hall–Kier alpha value is -3.74. The summed E-state index contributed by atoms with van der Waals surface area (Å²) in [5.74, 6) is 0.495. The van der Waals surface area contributed by atoms with E-state index in [9.17, 15) is 9.59 Å². The smallest absolute Gasteiger partial charge is 0.274 e. The Morgan fingerprint density at radius 2 is 1.78 bits per heavy atom. The van der Waals surface area contributed by atoms with E-state index in [2.05, 4.69) is 20.6 Å². The van der Waals surface area contributed by atoms with Crippen LogP contribution in [0.3, 0.4) is 0 Å². The molecule has 0 saturated heterocycles. The van der Waals surface area contributed by atoms with Gasteiger partial charge in [-0.1, -0.05) is 18.2 Å². The van der Waals surface area contributed by atoms with E-state index in [1.165, 1.54) is 19.2 Å². The number of aromatic nitrogens is 2. The summed E-state index contributed by atoms with van der Waals surface area (Å²) in [7, 11) is 1.56. The van der Waals surface area contributed by atoms with Gasteiger partial charge in [0, 0.05) is 29.2 Å². The molecule has 0 atom stereocenters. The van der Waals surface area contributed by atoms with Gasteiger partial charge in [0.1, 0.15) is 11.4 Å². The van der Waals surface area contributed by atoms with Gasteiger partial charge >= 0.3 is 0 Å². The van der Waals surface area contributed by atoms with Gasteiger partial charge in [-0.05, 0) is 37.3 Å². The fourth-order valence-corrected chi connectivity index (χ4v) is 2.39. The maximum Gasteiger partial charge on any atom is 0.274 e. The lowest BCUT2D eigenvalue weighted by Crippen LogP contribution is -2.14. The Labute approximate surface area is 156 Å². The fourth-order valence-electron chi connectivity index (χ4n) is 2.39. The largest absolute Gasteiger partial charge is 0.497 e. The quantitative estimate of drug-likeness (QED) is 0.650. The SMILES string of the molecule is COc1cccc(NC(=O)c2ccnc(Nc3cccc(C(C)=O)c3)n2)c1. The highest BCUT2D eigenvalue weighted by molar-refractivity contribution is 6.03. The van der Waals surface area contributed by atoms with Crippen LogP contribution in [0.2, 0.25) is 0 Å². The highest BCUT2D eigenvalue weighted by atomic mass is 16.5. The number of carbonyl (C=O) groups is 2. The van der Waals surface area contributed by atoms with Gasteiger partial charge in [-0.25, -0.2) is 9.97 Å². The van der Waals surface area contributed by atoms with Crippen LogP contribution in [0.1, 0.15) is 27.8 Å². The molecule has 0 aliphatic rings. The van der Waals surface area contributed by atoms with E-state index in [4.69, 9.17) is 4.74 Å². The molecular weight excluding hydrogens is 344 g/mol. The molecule has 136 valence electrons. The summed E-state index contributed by atoms with van der Waals surface area (Å²) in [6, 6.07) is 15.5. The lowest BCUT2D eigenvalue weighted by atomic mass is 10.1. The van der Waals surface area contributed by atoms with Crippen LogP contribution < -0.4 is 15.4 Å². The molecule has 0 bridgehead atoms. The molecular formula is C20H18N4O3. The highest BCUT2D eigenvalue weighted by Crippen LogP contribution is 2.18. The molecule has 3 aromatic rings. The third kappa shape index (κ3) is 4.66. The topological polar surface area (TPSA) is 93.2 Å². The van der Waals surface area contributed by atoms with Gasteiger partial charge in [-0.3, -0.25) is 9.59 Å². The number of ether oxygens (including phenoxy) is 1. The molecule has 1 aromatic heterocycles. The first-order valence-electron chi connectivity index (χ1n) is 8.21. The number of ketones is 1. The predicted molar refractivity (Wildman–Crippen MR) is 103 cm³/mol. The number of nitrogens with zero attached hydrogens (tertiary/aromatic N) is 2. The van der Waals surface area contributed by atoms with Gasteiger partial charge in [0.2, 0.25) is 5.95 Å². The van der Waals surface area contributed by atoms with Crippen LogP contribution in [0.25, 0.3) is 0 Å². The molecule has 7 nitrogen and oxygen atoms in total. The van der Waals surface area contributed by atoms with Crippen molar-refractivity contribution in [2.45, 2.75) is 6.92 Å². The summed E-state index contributed by atoms with van der Waals surface area (Å²) in [5.41, 5.74) is 2.04. The Kier molecular flexibility index (Phi) is 5.41. The third-order valence-electron chi connectivity index (χ3n) is 3.74. The molecule has 2 N–H and O–H groups in total. The zero-order valence-corrected chi connectivity index (χ0v) is 14.9. The third-order valence-corrected chi connectivity index (χ3v) is 3.74. The zero-order valence-electron chi connectivity index (χ0n) is 14.9. The Morgan fingerprint density at radius 1 is 1.00 bits per heavy atom. The average Bonchev–Trinajstić information content (AvgIpc) is 2.68. The molecule has 0 unspecified atom stereocenters. The average molecular weight is 362 g/mol. The van der Waals surface area contributed by atoms with Crippen LogP contribution in [0.15, 0.2) is 60.8 Å². The Bertz CT molecular complexity index is 988. The van der Waals surface area contributed by atoms with Crippen LogP contribution in [0.4, 0.5) is 17.3 Å². The molecule has 0 spiro atoms. The van der Waals surface area contributed by atoms with Gasteiger partial charge in [-0.15, -0.1) is 0 Å². The minimum Gasteiger partial charge on any atom is -0.497 e. The predicted octanol–water partition coefficient (Wildman–Crippen LogP) is 3.68. The van der Waals surface area contributed by atoms with Crippen LogP contribution in [0, 0.1) is 0 Å². The van der Waals surface area contributed by atoms with E-state index < -0.39 is 0 Å². The first kappa shape index (κ1) is 18.1. The molecule has 0 saturated carbocycles. The highest BCUT2D eigenvalue weighted by Gasteiger charge is 2.10. The molecule has 27 heavy (non-hydrogen) atoms. The molecule has 0 fully saturated rings.